The first-order valence-electron chi connectivity index (χ1n) is 8.31. The molecule has 2 aromatic rings. The maximum atomic E-state index is 13.0. The molecule has 0 saturated heterocycles. The maximum Gasteiger partial charge on any atom is 0.418 e. The van der Waals surface area contributed by atoms with Crippen LogP contribution in [-0.2, 0) is 21.0 Å². The normalized spacial score (nSPS) is 12.1. The highest BCUT2D eigenvalue weighted by atomic mass is 35.5. The van der Waals surface area contributed by atoms with E-state index in [1.54, 1.807) is 13.8 Å². The van der Waals surface area contributed by atoms with Gasteiger partial charge in [0.15, 0.2) is 6.61 Å². The van der Waals surface area contributed by atoms with E-state index in [9.17, 15) is 26.4 Å². The van der Waals surface area contributed by atoms with Gasteiger partial charge in [0.1, 0.15) is 5.75 Å². The second-order valence-corrected chi connectivity index (χ2v) is 8.37. The number of carbonyl (C=O) groups excluding carboxylic acids is 1. The minimum absolute atomic E-state index is 0.00872. The summed E-state index contributed by atoms with van der Waals surface area (Å²) < 4.78 is 70.7. The zero-order chi connectivity index (χ0) is 21.8. The number of carbonyl (C=O) groups is 1. The minimum Gasteiger partial charge on any atom is -0.482 e. The second-order valence-electron chi connectivity index (χ2n) is 6.25. The fourth-order valence-electron chi connectivity index (χ4n) is 2.31. The van der Waals surface area contributed by atoms with Crippen molar-refractivity contribution in [3.63, 3.8) is 0 Å². The molecule has 0 aliphatic carbocycles. The predicted molar refractivity (Wildman–Crippen MR) is 102 cm³/mol. The van der Waals surface area contributed by atoms with E-state index in [-0.39, 0.29) is 21.7 Å². The van der Waals surface area contributed by atoms with E-state index in [1.165, 1.54) is 24.3 Å². The van der Waals surface area contributed by atoms with Crippen LogP contribution >= 0.6 is 11.6 Å². The number of amides is 1. The fourth-order valence-corrected chi connectivity index (χ4v) is 3.89. The van der Waals surface area contributed by atoms with Gasteiger partial charge in [-0.25, -0.2) is 13.1 Å². The van der Waals surface area contributed by atoms with Crippen molar-refractivity contribution in [1.82, 2.24) is 4.72 Å². The van der Waals surface area contributed by atoms with Crippen molar-refractivity contribution in [3.05, 3.63) is 53.1 Å². The monoisotopic (exact) mass is 450 g/mol. The van der Waals surface area contributed by atoms with Crippen LogP contribution in [0.3, 0.4) is 0 Å². The molecule has 0 radical (unpaired) electrons. The Hall–Kier alpha value is -2.30. The van der Waals surface area contributed by atoms with Crippen molar-refractivity contribution >= 4 is 33.2 Å². The Bertz CT molecular complexity index is 995. The van der Waals surface area contributed by atoms with Crippen molar-refractivity contribution in [1.29, 1.82) is 0 Å². The highest BCUT2D eigenvalue weighted by molar-refractivity contribution is 7.89. The molecule has 0 fully saturated rings. The van der Waals surface area contributed by atoms with E-state index < -0.39 is 40.0 Å². The summed E-state index contributed by atoms with van der Waals surface area (Å²) in [7, 11) is -3.77. The van der Waals surface area contributed by atoms with Gasteiger partial charge in [-0.1, -0.05) is 23.7 Å². The van der Waals surface area contributed by atoms with Gasteiger partial charge in [0.05, 0.1) is 21.2 Å². The topological polar surface area (TPSA) is 84.5 Å². The lowest BCUT2D eigenvalue weighted by molar-refractivity contribution is -0.137. The molecule has 0 aromatic heterocycles. The molecule has 0 spiro atoms. The summed E-state index contributed by atoms with van der Waals surface area (Å²) in [6.45, 7) is 2.70. The number of hydrogen-bond donors (Lipinski definition) is 2. The van der Waals surface area contributed by atoms with Gasteiger partial charge in [0.25, 0.3) is 5.91 Å². The van der Waals surface area contributed by atoms with E-state index >= 15 is 0 Å². The molecular formula is C18H18ClF3N2O4S. The Balaban J connectivity index is 2.07. The fraction of sp³-hybridized carbons (Fsp3) is 0.278. The first-order chi connectivity index (χ1) is 13.4. The largest absolute Gasteiger partial charge is 0.482 e. The van der Waals surface area contributed by atoms with Crippen LogP contribution in [0.4, 0.5) is 18.9 Å². The Labute approximate surface area is 171 Å². The lowest BCUT2D eigenvalue weighted by Gasteiger charge is -2.14. The number of halogens is 4. The number of hydrogen-bond acceptors (Lipinski definition) is 4. The van der Waals surface area contributed by atoms with Crippen molar-refractivity contribution in [2.24, 2.45) is 0 Å². The van der Waals surface area contributed by atoms with Crippen LogP contribution < -0.4 is 14.8 Å². The van der Waals surface area contributed by atoms with Crippen molar-refractivity contribution < 1.29 is 31.1 Å². The quantitative estimate of drug-likeness (QED) is 0.666. The maximum absolute atomic E-state index is 13.0. The van der Waals surface area contributed by atoms with E-state index in [0.29, 0.717) is 0 Å². The first kappa shape index (κ1) is 23.0. The third-order valence-electron chi connectivity index (χ3n) is 3.47. The number of benzene rings is 2. The smallest absolute Gasteiger partial charge is 0.418 e. The van der Waals surface area contributed by atoms with Crippen molar-refractivity contribution in [2.75, 3.05) is 11.9 Å². The minimum atomic E-state index is -4.63. The Morgan fingerprint density at radius 1 is 1.17 bits per heavy atom. The van der Waals surface area contributed by atoms with Crippen molar-refractivity contribution in [2.45, 2.75) is 31.0 Å². The van der Waals surface area contributed by atoms with Gasteiger partial charge in [0.2, 0.25) is 10.0 Å². The predicted octanol–water partition coefficient (Wildman–Crippen LogP) is 4.06. The molecule has 158 valence electrons. The molecule has 2 aromatic carbocycles. The van der Waals surface area contributed by atoms with Gasteiger partial charge < -0.3 is 10.1 Å². The van der Waals surface area contributed by atoms with Crippen LogP contribution in [0.25, 0.3) is 0 Å². The standard InChI is InChI=1S/C18H18ClF3N2O4S/c1-11(2)24-29(26,27)12-7-8-16(14(19)9-12)28-10-17(25)23-15-6-4-3-5-13(15)18(20,21)22/h3-9,11,24H,10H2,1-2H3,(H,23,25). The number of rotatable bonds is 7. The number of anilines is 1. The summed E-state index contributed by atoms with van der Waals surface area (Å²) in [6.07, 6.45) is -4.63. The van der Waals surface area contributed by atoms with Crippen LogP contribution in [0.1, 0.15) is 19.4 Å². The van der Waals surface area contributed by atoms with Crippen LogP contribution in [0.5, 0.6) is 5.75 Å². The number of alkyl halides is 3. The number of para-hydroxylation sites is 1. The van der Waals surface area contributed by atoms with Gasteiger partial charge in [-0.15, -0.1) is 0 Å². The third kappa shape index (κ3) is 6.34. The number of ether oxygens (including phenoxy) is 1. The summed E-state index contributed by atoms with van der Waals surface area (Å²) in [4.78, 5) is 11.9. The molecule has 1 amide bonds. The molecular weight excluding hydrogens is 433 g/mol. The molecule has 11 heteroatoms. The first-order valence-corrected chi connectivity index (χ1v) is 10.2. The van der Waals surface area contributed by atoms with Crippen LogP contribution in [0.2, 0.25) is 5.02 Å². The highest BCUT2D eigenvalue weighted by Gasteiger charge is 2.33. The highest BCUT2D eigenvalue weighted by Crippen LogP contribution is 2.34. The molecule has 2 N–H and O–H groups in total. The number of nitrogens with one attached hydrogen (secondary N) is 2. The lowest BCUT2D eigenvalue weighted by atomic mass is 10.1. The average molecular weight is 451 g/mol. The Kier molecular flexibility index (Phi) is 7.15. The molecule has 0 saturated carbocycles. The zero-order valence-electron chi connectivity index (χ0n) is 15.4. The molecule has 0 unspecified atom stereocenters. The summed E-state index contributed by atoms with van der Waals surface area (Å²) in [5.41, 5.74) is -1.39. The van der Waals surface area contributed by atoms with Crippen LogP contribution in [-0.4, -0.2) is 27.0 Å². The molecule has 0 aliphatic heterocycles. The van der Waals surface area contributed by atoms with E-state index in [2.05, 4.69) is 10.0 Å². The summed E-state index contributed by atoms with van der Waals surface area (Å²) in [5, 5.41) is 2.06. The van der Waals surface area contributed by atoms with Crippen molar-refractivity contribution in [3.8, 4) is 5.75 Å². The molecule has 0 heterocycles. The zero-order valence-corrected chi connectivity index (χ0v) is 17.0. The van der Waals surface area contributed by atoms with Gasteiger partial charge in [-0.2, -0.15) is 13.2 Å². The Morgan fingerprint density at radius 2 is 1.83 bits per heavy atom. The summed E-state index contributed by atoms with van der Waals surface area (Å²) in [5.74, 6) is -0.828. The van der Waals surface area contributed by atoms with Gasteiger partial charge in [0, 0.05) is 6.04 Å². The van der Waals surface area contributed by atoms with Gasteiger partial charge >= 0.3 is 6.18 Å². The van der Waals surface area contributed by atoms with Gasteiger partial charge in [-0.05, 0) is 44.2 Å². The second kappa shape index (κ2) is 9.02. The van der Waals surface area contributed by atoms with E-state index in [1.807, 2.05) is 0 Å². The third-order valence-corrected chi connectivity index (χ3v) is 5.42. The van der Waals surface area contributed by atoms with E-state index in [0.717, 1.165) is 18.2 Å². The van der Waals surface area contributed by atoms with Gasteiger partial charge in [-0.3, -0.25) is 4.79 Å². The Morgan fingerprint density at radius 3 is 2.41 bits per heavy atom. The molecule has 0 aliphatic rings. The van der Waals surface area contributed by atoms with Crippen LogP contribution in [0.15, 0.2) is 47.4 Å². The molecule has 29 heavy (non-hydrogen) atoms. The molecule has 6 nitrogen and oxygen atoms in total. The number of sulfonamides is 1. The van der Waals surface area contributed by atoms with E-state index in [4.69, 9.17) is 16.3 Å². The lowest BCUT2D eigenvalue weighted by Crippen LogP contribution is -2.30. The molecule has 2 rings (SSSR count). The summed E-state index contributed by atoms with van der Waals surface area (Å²) >= 11 is 6.00. The molecule has 0 bridgehead atoms. The molecule has 0 atom stereocenters. The average Bonchev–Trinajstić information content (AvgIpc) is 2.59. The summed E-state index contributed by atoms with van der Waals surface area (Å²) in [6, 6.07) is 7.85. The SMILES string of the molecule is CC(C)NS(=O)(=O)c1ccc(OCC(=O)Nc2ccccc2C(F)(F)F)c(Cl)c1. The van der Waals surface area contributed by atoms with Crippen LogP contribution in [0, 0.1) is 0 Å².